The maximum Gasteiger partial charge on any atom is 0.232 e. The fourth-order valence-electron chi connectivity index (χ4n) is 1.67. The molecule has 108 valence electrons. The zero-order valence-electron chi connectivity index (χ0n) is 11.5. The van der Waals surface area contributed by atoms with Gasteiger partial charge < -0.3 is 5.32 Å². The molecular formula is C13H22N2O2S2. The molecule has 0 amide bonds. The van der Waals surface area contributed by atoms with Gasteiger partial charge in [-0.3, -0.25) is 4.72 Å². The molecule has 0 aliphatic heterocycles. The first-order chi connectivity index (χ1) is 9.09. The van der Waals surface area contributed by atoms with E-state index in [0.717, 1.165) is 24.4 Å². The SMILES string of the molecule is CCNCCCCS(=O)(=O)Nc1ccccc1SC. The summed E-state index contributed by atoms with van der Waals surface area (Å²) < 4.78 is 26.6. The second kappa shape index (κ2) is 8.45. The molecule has 0 aliphatic rings. The predicted molar refractivity (Wildman–Crippen MR) is 83.4 cm³/mol. The summed E-state index contributed by atoms with van der Waals surface area (Å²) in [5, 5.41) is 3.18. The van der Waals surface area contributed by atoms with E-state index in [2.05, 4.69) is 10.0 Å². The summed E-state index contributed by atoms with van der Waals surface area (Å²) in [6.07, 6.45) is 3.48. The number of benzene rings is 1. The van der Waals surface area contributed by atoms with E-state index in [9.17, 15) is 8.42 Å². The van der Waals surface area contributed by atoms with Crippen molar-refractivity contribution in [3.63, 3.8) is 0 Å². The fourth-order valence-corrected chi connectivity index (χ4v) is 3.48. The van der Waals surface area contributed by atoms with Gasteiger partial charge in [-0.1, -0.05) is 19.1 Å². The molecule has 0 aliphatic carbocycles. The normalized spacial score (nSPS) is 11.5. The smallest absolute Gasteiger partial charge is 0.232 e. The van der Waals surface area contributed by atoms with E-state index in [1.165, 1.54) is 11.8 Å². The number of sulfonamides is 1. The highest BCUT2D eigenvalue weighted by Crippen LogP contribution is 2.25. The Balaban J connectivity index is 2.50. The minimum absolute atomic E-state index is 0.168. The lowest BCUT2D eigenvalue weighted by Gasteiger charge is -2.11. The molecule has 0 heterocycles. The second-order valence-electron chi connectivity index (χ2n) is 4.18. The third-order valence-electron chi connectivity index (χ3n) is 2.64. The van der Waals surface area contributed by atoms with Crippen LogP contribution >= 0.6 is 11.8 Å². The van der Waals surface area contributed by atoms with Crippen LogP contribution in [0.5, 0.6) is 0 Å². The Morgan fingerprint density at radius 3 is 2.63 bits per heavy atom. The van der Waals surface area contributed by atoms with Crippen molar-refractivity contribution in [2.75, 3.05) is 29.8 Å². The predicted octanol–water partition coefficient (Wildman–Crippen LogP) is 2.54. The van der Waals surface area contributed by atoms with Gasteiger partial charge in [0.15, 0.2) is 0 Å². The van der Waals surface area contributed by atoms with Gasteiger partial charge in [0.25, 0.3) is 0 Å². The summed E-state index contributed by atoms with van der Waals surface area (Å²) in [6, 6.07) is 7.44. The molecule has 0 atom stereocenters. The number of rotatable bonds is 9. The van der Waals surface area contributed by atoms with Crippen LogP contribution in [0.2, 0.25) is 0 Å². The molecule has 0 fully saturated rings. The van der Waals surface area contributed by atoms with Crippen molar-refractivity contribution in [1.82, 2.24) is 5.32 Å². The molecule has 0 radical (unpaired) electrons. The number of hydrogen-bond donors (Lipinski definition) is 2. The molecule has 2 N–H and O–H groups in total. The van der Waals surface area contributed by atoms with Gasteiger partial charge >= 0.3 is 0 Å². The van der Waals surface area contributed by atoms with Crippen molar-refractivity contribution in [2.24, 2.45) is 0 Å². The van der Waals surface area contributed by atoms with Gasteiger partial charge in [0.2, 0.25) is 10.0 Å². The van der Waals surface area contributed by atoms with Gasteiger partial charge in [-0.15, -0.1) is 11.8 Å². The molecule has 0 aromatic heterocycles. The van der Waals surface area contributed by atoms with Crippen LogP contribution in [-0.4, -0.2) is 33.5 Å². The number of anilines is 1. The Kier molecular flexibility index (Phi) is 7.27. The monoisotopic (exact) mass is 302 g/mol. The largest absolute Gasteiger partial charge is 0.317 e. The first-order valence-electron chi connectivity index (χ1n) is 6.43. The molecule has 6 heteroatoms. The highest BCUT2D eigenvalue weighted by molar-refractivity contribution is 7.99. The molecule has 0 saturated heterocycles. The Bertz CT molecular complexity index is 475. The Labute approximate surface area is 120 Å². The van der Waals surface area contributed by atoms with Crippen molar-refractivity contribution in [2.45, 2.75) is 24.7 Å². The standard InChI is InChI=1S/C13H22N2O2S2/c1-3-14-10-6-7-11-19(16,17)15-12-8-4-5-9-13(12)18-2/h4-5,8-9,14-15H,3,6-7,10-11H2,1-2H3. The Morgan fingerprint density at radius 2 is 1.95 bits per heavy atom. The molecule has 1 aromatic rings. The highest BCUT2D eigenvalue weighted by atomic mass is 32.2. The Hall–Kier alpha value is -0.720. The minimum atomic E-state index is -3.25. The van der Waals surface area contributed by atoms with Crippen molar-refractivity contribution in [1.29, 1.82) is 0 Å². The van der Waals surface area contributed by atoms with Crippen LogP contribution < -0.4 is 10.0 Å². The molecule has 1 rings (SSSR count). The number of hydrogen-bond acceptors (Lipinski definition) is 4. The maximum atomic E-state index is 12.0. The van der Waals surface area contributed by atoms with E-state index >= 15 is 0 Å². The summed E-state index contributed by atoms with van der Waals surface area (Å²) in [5.41, 5.74) is 0.668. The molecule has 0 spiro atoms. The van der Waals surface area contributed by atoms with Gasteiger partial charge in [-0.25, -0.2) is 8.42 Å². The van der Waals surface area contributed by atoms with Crippen molar-refractivity contribution >= 4 is 27.5 Å². The Morgan fingerprint density at radius 1 is 1.21 bits per heavy atom. The number of para-hydroxylation sites is 1. The van der Waals surface area contributed by atoms with Crippen molar-refractivity contribution < 1.29 is 8.42 Å². The zero-order valence-corrected chi connectivity index (χ0v) is 13.1. The van der Waals surface area contributed by atoms with Crippen LogP contribution in [0, 0.1) is 0 Å². The molecular weight excluding hydrogens is 280 g/mol. The lowest BCUT2D eigenvalue weighted by molar-refractivity contribution is 0.593. The van der Waals surface area contributed by atoms with Crippen LogP contribution in [0.25, 0.3) is 0 Å². The topological polar surface area (TPSA) is 58.2 Å². The third-order valence-corrected chi connectivity index (χ3v) is 4.79. The summed E-state index contributed by atoms with van der Waals surface area (Å²) in [4.78, 5) is 0.943. The number of unbranched alkanes of at least 4 members (excludes halogenated alkanes) is 1. The lowest BCUT2D eigenvalue weighted by atomic mass is 10.3. The minimum Gasteiger partial charge on any atom is -0.317 e. The van der Waals surface area contributed by atoms with Crippen LogP contribution in [0.4, 0.5) is 5.69 Å². The first-order valence-corrected chi connectivity index (χ1v) is 9.31. The van der Waals surface area contributed by atoms with Crippen molar-refractivity contribution in [3.05, 3.63) is 24.3 Å². The second-order valence-corrected chi connectivity index (χ2v) is 6.87. The highest BCUT2D eigenvalue weighted by Gasteiger charge is 2.11. The zero-order chi connectivity index (χ0) is 14.1. The van der Waals surface area contributed by atoms with E-state index < -0.39 is 10.0 Å². The molecule has 0 bridgehead atoms. The molecule has 0 unspecified atom stereocenters. The third kappa shape index (κ3) is 6.31. The molecule has 1 aromatic carbocycles. The maximum absolute atomic E-state index is 12.0. The van der Waals surface area contributed by atoms with E-state index in [-0.39, 0.29) is 5.75 Å². The van der Waals surface area contributed by atoms with Crippen LogP contribution in [0.15, 0.2) is 29.2 Å². The summed E-state index contributed by atoms with van der Waals surface area (Å²) >= 11 is 1.53. The van der Waals surface area contributed by atoms with Gasteiger partial charge in [0.1, 0.15) is 0 Å². The van der Waals surface area contributed by atoms with Crippen molar-refractivity contribution in [3.8, 4) is 0 Å². The van der Waals surface area contributed by atoms with Gasteiger partial charge in [-0.2, -0.15) is 0 Å². The van der Waals surface area contributed by atoms with Crippen LogP contribution in [0.3, 0.4) is 0 Å². The summed E-state index contributed by atoms with van der Waals surface area (Å²) in [7, 11) is -3.25. The molecule has 0 saturated carbocycles. The van der Waals surface area contributed by atoms with Gasteiger partial charge in [-0.05, 0) is 44.3 Å². The van der Waals surface area contributed by atoms with E-state index in [4.69, 9.17) is 0 Å². The van der Waals surface area contributed by atoms with E-state index in [0.29, 0.717) is 12.1 Å². The van der Waals surface area contributed by atoms with E-state index in [1.54, 1.807) is 6.07 Å². The summed E-state index contributed by atoms with van der Waals surface area (Å²) in [5.74, 6) is 0.168. The summed E-state index contributed by atoms with van der Waals surface area (Å²) in [6.45, 7) is 3.83. The number of nitrogens with one attached hydrogen (secondary N) is 2. The fraction of sp³-hybridized carbons (Fsp3) is 0.538. The van der Waals surface area contributed by atoms with Crippen LogP contribution in [0.1, 0.15) is 19.8 Å². The average Bonchev–Trinajstić information content (AvgIpc) is 2.38. The quantitative estimate of drug-likeness (QED) is 0.544. The van der Waals surface area contributed by atoms with Gasteiger partial charge in [0.05, 0.1) is 11.4 Å². The lowest BCUT2D eigenvalue weighted by Crippen LogP contribution is -2.19. The van der Waals surface area contributed by atoms with Crippen LogP contribution in [-0.2, 0) is 10.0 Å². The molecule has 4 nitrogen and oxygen atoms in total. The van der Waals surface area contributed by atoms with Gasteiger partial charge in [0, 0.05) is 4.90 Å². The number of thioether (sulfide) groups is 1. The molecule has 19 heavy (non-hydrogen) atoms. The average molecular weight is 302 g/mol. The van der Waals surface area contributed by atoms with E-state index in [1.807, 2.05) is 31.4 Å². The first kappa shape index (κ1) is 16.3.